The van der Waals surface area contributed by atoms with Crippen LogP contribution in [0.2, 0.25) is 0 Å². The van der Waals surface area contributed by atoms with Crippen LogP contribution in [0.1, 0.15) is 5.56 Å². The maximum Gasteiger partial charge on any atom is 0.259 e. The molecular weight excluding hydrogens is 254 g/mol. The number of phenolic OH excluding ortho intramolecular Hbond substituents is 1. The Hall–Kier alpha value is -1.86. The molecule has 0 aliphatic heterocycles. The van der Waals surface area contributed by atoms with E-state index in [2.05, 4.69) is 9.71 Å². The van der Waals surface area contributed by atoms with Gasteiger partial charge in [0.1, 0.15) is 5.75 Å². The molecule has 1 aromatic carbocycles. The second-order valence-corrected chi connectivity index (χ2v) is 5.58. The summed E-state index contributed by atoms with van der Waals surface area (Å²) in [6.45, 7) is 0.152. The molecule has 0 unspecified atom stereocenters. The molecule has 1 heterocycles. The molecule has 0 amide bonds. The zero-order chi connectivity index (χ0) is 13.2. The lowest BCUT2D eigenvalue weighted by Gasteiger charge is -2.04. The fraction of sp³-hybridized carbons (Fsp3) is 0.182. The number of phenols is 1. The smallest absolute Gasteiger partial charge is 0.259 e. The minimum atomic E-state index is -3.59. The Morgan fingerprint density at radius 3 is 2.56 bits per heavy atom. The Labute approximate surface area is 105 Å². The van der Waals surface area contributed by atoms with Gasteiger partial charge in [-0.3, -0.25) is 0 Å². The lowest BCUT2D eigenvalue weighted by atomic mass is 10.2. The first-order valence-electron chi connectivity index (χ1n) is 5.23. The van der Waals surface area contributed by atoms with Crippen molar-refractivity contribution in [2.45, 2.75) is 11.6 Å². The van der Waals surface area contributed by atoms with Gasteiger partial charge in [0.15, 0.2) is 5.03 Å². The molecule has 0 spiro atoms. The number of hydrogen-bond donors (Lipinski definition) is 2. The highest BCUT2D eigenvalue weighted by Gasteiger charge is 2.16. The molecule has 96 valence electrons. The molecule has 6 nitrogen and oxygen atoms in total. The van der Waals surface area contributed by atoms with Crippen molar-refractivity contribution < 1.29 is 13.5 Å². The minimum absolute atomic E-state index is 0.0104. The Kier molecular flexibility index (Phi) is 3.35. The number of aromatic hydroxyl groups is 1. The lowest BCUT2D eigenvalue weighted by Crippen LogP contribution is -2.23. The van der Waals surface area contributed by atoms with Gasteiger partial charge >= 0.3 is 0 Å². The summed E-state index contributed by atoms with van der Waals surface area (Å²) in [5.74, 6) is 0.145. The van der Waals surface area contributed by atoms with Crippen LogP contribution in [0.25, 0.3) is 0 Å². The predicted octanol–water partition coefficient (Wildman–Crippen LogP) is 0.604. The van der Waals surface area contributed by atoms with Crippen LogP contribution >= 0.6 is 0 Å². The number of sulfonamides is 1. The largest absolute Gasteiger partial charge is 0.508 e. The van der Waals surface area contributed by atoms with Crippen molar-refractivity contribution in [1.29, 1.82) is 0 Å². The van der Waals surface area contributed by atoms with Crippen molar-refractivity contribution in [2.75, 3.05) is 0 Å². The topological polar surface area (TPSA) is 84.2 Å². The molecule has 0 saturated carbocycles. The van der Waals surface area contributed by atoms with E-state index in [0.29, 0.717) is 0 Å². The second kappa shape index (κ2) is 4.79. The number of hydrogen-bond acceptors (Lipinski definition) is 4. The molecule has 0 bridgehead atoms. The second-order valence-electron chi connectivity index (χ2n) is 3.87. The number of aryl methyl sites for hydroxylation is 1. The van der Waals surface area contributed by atoms with Crippen LogP contribution in [-0.2, 0) is 23.6 Å². The molecule has 2 N–H and O–H groups in total. The zero-order valence-corrected chi connectivity index (χ0v) is 10.6. The van der Waals surface area contributed by atoms with Gasteiger partial charge in [0.05, 0.1) is 6.33 Å². The maximum atomic E-state index is 11.8. The summed E-state index contributed by atoms with van der Waals surface area (Å²) in [6.07, 6.45) is 2.86. The van der Waals surface area contributed by atoms with Crippen LogP contribution < -0.4 is 4.72 Å². The van der Waals surface area contributed by atoms with Gasteiger partial charge in [-0.15, -0.1) is 0 Å². The molecule has 2 aromatic rings. The Balaban J connectivity index is 2.08. The van der Waals surface area contributed by atoms with Crippen molar-refractivity contribution in [3.05, 3.63) is 42.4 Å². The van der Waals surface area contributed by atoms with E-state index < -0.39 is 10.0 Å². The van der Waals surface area contributed by atoms with Crippen LogP contribution in [0.15, 0.2) is 41.8 Å². The number of aromatic nitrogens is 2. The summed E-state index contributed by atoms with van der Waals surface area (Å²) in [5.41, 5.74) is 0.757. The maximum absolute atomic E-state index is 11.8. The predicted molar refractivity (Wildman–Crippen MR) is 65.3 cm³/mol. The van der Waals surface area contributed by atoms with E-state index in [4.69, 9.17) is 5.11 Å². The number of benzene rings is 1. The van der Waals surface area contributed by atoms with Crippen molar-refractivity contribution >= 4 is 10.0 Å². The molecule has 0 atom stereocenters. The third-order valence-corrected chi connectivity index (χ3v) is 3.65. The Bertz CT molecular complexity index is 632. The van der Waals surface area contributed by atoms with Gasteiger partial charge < -0.3 is 9.67 Å². The van der Waals surface area contributed by atoms with Crippen molar-refractivity contribution in [1.82, 2.24) is 14.3 Å². The van der Waals surface area contributed by atoms with E-state index in [9.17, 15) is 8.42 Å². The van der Waals surface area contributed by atoms with E-state index >= 15 is 0 Å². The molecule has 0 saturated heterocycles. The number of rotatable bonds is 4. The molecule has 2 rings (SSSR count). The summed E-state index contributed by atoms with van der Waals surface area (Å²) < 4.78 is 27.7. The highest BCUT2D eigenvalue weighted by Crippen LogP contribution is 2.10. The van der Waals surface area contributed by atoms with Gasteiger partial charge in [0.2, 0.25) is 0 Å². The quantitative estimate of drug-likeness (QED) is 0.849. The first-order valence-corrected chi connectivity index (χ1v) is 6.71. The van der Waals surface area contributed by atoms with Crippen molar-refractivity contribution in [2.24, 2.45) is 7.05 Å². The fourth-order valence-corrected chi connectivity index (χ4v) is 2.39. The van der Waals surface area contributed by atoms with E-state index in [1.807, 2.05) is 0 Å². The molecule has 7 heteroatoms. The summed E-state index contributed by atoms with van der Waals surface area (Å²) in [5, 5.41) is 9.10. The van der Waals surface area contributed by atoms with Crippen molar-refractivity contribution in [3.63, 3.8) is 0 Å². The van der Waals surface area contributed by atoms with Gasteiger partial charge in [-0.1, -0.05) is 12.1 Å². The van der Waals surface area contributed by atoms with E-state index in [1.54, 1.807) is 23.7 Å². The summed E-state index contributed by atoms with van der Waals surface area (Å²) in [7, 11) is -1.89. The van der Waals surface area contributed by atoms with E-state index in [-0.39, 0.29) is 17.3 Å². The summed E-state index contributed by atoms with van der Waals surface area (Å²) in [6, 6.07) is 6.31. The first kappa shape index (κ1) is 12.6. The Morgan fingerprint density at radius 2 is 2.00 bits per heavy atom. The number of nitrogens with zero attached hydrogens (tertiary/aromatic N) is 2. The molecule has 0 radical (unpaired) electrons. The van der Waals surface area contributed by atoms with Gasteiger partial charge in [0, 0.05) is 19.8 Å². The summed E-state index contributed by atoms with van der Waals surface area (Å²) in [4.78, 5) is 3.79. The normalized spacial score (nSPS) is 11.6. The van der Waals surface area contributed by atoms with Gasteiger partial charge in [0.25, 0.3) is 10.0 Å². The molecular formula is C11H13N3O3S. The van der Waals surface area contributed by atoms with E-state index in [1.165, 1.54) is 24.7 Å². The standard InChI is InChI=1S/C11H13N3O3S/c1-14-7-11(12-8-14)18(16,17)13-6-9-2-4-10(15)5-3-9/h2-5,7-8,13,15H,6H2,1H3. The molecule has 0 aliphatic rings. The van der Waals surface area contributed by atoms with E-state index in [0.717, 1.165) is 5.56 Å². The first-order chi connectivity index (χ1) is 8.47. The highest BCUT2D eigenvalue weighted by atomic mass is 32.2. The van der Waals surface area contributed by atoms with Crippen LogP contribution in [0.5, 0.6) is 5.75 Å². The van der Waals surface area contributed by atoms with Gasteiger partial charge in [-0.2, -0.15) is 0 Å². The van der Waals surface area contributed by atoms with Crippen LogP contribution in [0, 0.1) is 0 Å². The monoisotopic (exact) mass is 267 g/mol. The number of imidazole rings is 1. The van der Waals surface area contributed by atoms with Crippen LogP contribution in [0.3, 0.4) is 0 Å². The molecule has 0 aliphatic carbocycles. The SMILES string of the molecule is Cn1cnc(S(=O)(=O)NCc2ccc(O)cc2)c1. The lowest BCUT2D eigenvalue weighted by molar-refractivity contribution is 0.475. The average molecular weight is 267 g/mol. The van der Waals surface area contributed by atoms with Gasteiger partial charge in [-0.05, 0) is 17.7 Å². The van der Waals surface area contributed by atoms with Gasteiger partial charge in [-0.25, -0.2) is 18.1 Å². The minimum Gasteiger partial charge on any atom is -0.508 e. The van der Waals surface area contributed by atoms with Crippen molar-refractivity contribution in [3.8, 4) is 5.75 Å². The highest BCUT2D eigenvalue weighted by molar-refractivity contribution is 7.89. The fourth-order valence-electron chi connectivity index (χ4n) is 1.39. The average Bonchev–Trinajstić information content (AvgIpc) is 2.76. The molecule has 0 fully saturated rings. The third kappa shape index (κ3) is 2.88. The zero-order valence-electron chi connectivity index (χ0n) is 9.74. The Morgan fingerprint density at radius 1 is 1.33 bits per heavy atom. The number of nitrogens with one attached hydrogen (secondary N) is 1. The molecule has 18 heavy (non-hydrogen) atoms. The molecule has 1 aromatic heterocycles. The summed E-state index contributed by atoms with van der Waals surface area (Å²) >= 11 is 0. The third-order valence-electron chi connectivity index (χ3n) is 2.36. The van der Waals surface area contributed by atoms with Crippen LogP contribution in [-0.4, -0.2) is 23.1 Å². The van der Waals surface area contributed by atoms with Crippen LogP contribution in [0.4, 0.5) is 0 Å².